The van der Waals surface area contributed by atoms with E-state index in [4.69, 9.17) is 14.5 Å². The summed E-state index contributed by atoms with van der Waals surface area (Å²) in [7, 11) is 3.10. The number of methoxy groups -OCH3 is 2. The quantitative estimate of drug-likeness (QED) is 0.587. The summed E-state index contributed by atoms with van der Waals surface area (Å²) in [4.78, 5) is 35.4. The predicted molar refractivity (Wildman–Crippen MR) is 126 cm³/mol. The second kappa shape index (κ2) is 9.30. The van der Waals surface area contributed by atoms with Gasteiger partial charge in [-0.1, -0.05) is 0 Å². The van der Waals surface area contributed by atoms with Crippen molar-refractivity contribution in [3.05, 3.63) is 44.8 Å². The van der Waals surface area contributed by atoms with Gasteiger partial charge in [-0.05, 0) is 57.5 Å². The molecule has 0 saturated carbocycles. The van der Waals surface area contributed by atoms with Gasteiger partial charge in [0.05, 0.1) is 31.8 Å². The van der Waals surface area contributed by atoms with E-state index in [0.717, 1.165) is 41.2 Å². The van der Waals surface area contributed by atoms with Crippen molar-refractivity contribution >= 4 is 33.1 Å². The molecule has 1 aromatic carbocycles. The number of hydrogen-bond acceptors (Lipinski definition) is 7. The van der Waals surface area contributed by atoms with Gasteiger partial charge in [-0.15, -0.1) is 11.3 Å². The Balaban J connectivity index is 1.69. The number of anilines is 1. The fourth-order valence-electron chi connectivity index (χ4n) is 4.04. The fraction of sp³-hybridized carbons (Fsp3) is 0.435. The number of amides is 1. The number of nitrogens with one attached hydrogen (secondary N) is 1. The molecule has 1 amide bonds. The van der Waals surface area contributed by atoms with Gasteiger partial charge in [0.25, 0.3) is 5.56 Å². The van der Waals surface area contributed by atoms with Gasteiger partial charge < -0.3 is 14.8 Å². The lowest BCUT2D eigenvalue weighted by Crippen LogP contribution is -2.33. The van der Waals surface area contributed by atoms with Crippen LogP contribution in [0.5, 0.6) is 11.5 Å². The lowest BCUT2D eigenvalue weighted by molar-refractivity contribution is -0.116. The van der Waals surface area contributed by atoms with Crippen molar-refractivity contribution in [1.29, 1.82) is 0 Å². The first-order valence-electron chi connectivity index (χ1n) is 10.6. The normalized spacial score (nSPS) is 14.1. The topological polar surface area (TPSA) is 85.7 Å². The van der Waals surface area contributed by atoms with E-state index in [2.05, 4.69) is 10.2 Å². The highest BCUT2D eigenvalue weighted by atomic mass is 32.1. The zero-order valence-electron chi connectivity index (χ0n) is 18.9. The molecule has 1 saturated heterocycles. The molecule has 0 spiro atoms. The number of aromatic nitrogens is 2. The van der Waals surface area contributed by atoms with Gasteiger partial charge in [0.2, 0.25) is 5.91 Å². The maximum Gasteiger partial charge on any atom is 0.263 e. The molecule has 1 aliphatic rings. The molecule has 3 heterocycles. The second-order valence-corrected chi connectivity index (χ2v) is 9.18. The van der Waals surface area contributed by atoms with Gasteiger partial charge in [0.15, 0.2) is 0 Å². The Labute approximate surface area is 190 Å². The largest absolute Gasteiger partial charge is 0.497 e. The molecule has 32 heavy (non-hydrogen) atoms. The highest BCUT2D eigenvalue weighted by molar-refractivity contribution is 7.18. The Morgan fingerprint density at radius 2 is 1.94 bits per heavy atom. The van der Waals surface area contributed by atoms with Crippen molar-refractivity contribution in [2.45, 2.75) is 39.8 Å². The van der Waals surface area contributed by atoms with E-state index in [1.54, 1.807) is 25.3 Å². The van der Waals surface area contributed by atoms with Crippen LogP contribution in [0.25, 0.3) is 10.2 Å². The van der Waals surface area contributed by atoms with Crippen LogP contribution in [0.3, 0.4) is 0 Å². The molecular weight excluding hydrogens is 428 g/mol. The molecule has 1 aliphatic heterocycles. The summed E-state index contributed by atoms with van der Waals surface area (Å²) in [5, 5.41) is 3.46. The number of fused-ring (bicyclic) bond motifs is 1. The van der Waals surface area contributed by atoms with E-state index in [1.165, 1.54) is 23.0 Å². The molecular formula is C23H28N4O4S. The third kappa shape index (κ3) is 4.35. The standard InChI is InChI=1S/C23H28N4O4S/c1-14-15(2)32-22-21(14)23(29)27(19(25-22)12-26-9-5-6-10-26)13-20(28)24-17-11-16(30-3)7-8-18(17)31-4/h7-8,11H,5-6,9-10,12-13H2,1-4H3,(H,24,28). The molecule has 0 radical (unpaired) electrons. The average Bonchev–Trinajstić information content (AvgIpc) is 3.38. The third-order valence-corrected chi connectivity index (χ3v) is 7.02. The van der Waals surface area contributed by atoms with Crippen molar-refractivity contribution in [3.63, 3.8) is 0 Å². The van der Waals surface area contributed by atoms with E-state index in [9.17, 15) is 9.59 Å². The number of thiophene rings is 1. The number of ether oxygens (including phenoxy) is 2. The number of carbonyl (C=O) groups excluding carboxylic acids is 1. The fourth-order valence-corrected chi connectivity index (χ4v) is 5.08. The Morgan fingerprint density at radius 1 is 1.19 bits per heavy atom. The first-order valence-corrected chi connectivity index (χ1v) is 11.5. The van der Waals surface area contributed by atoms with E-state index < -0.39 is 0 Å². The lowest BCUT2D eigenvalue weighted by Gasteiger charge is -2.18. The minimum atomic E-state index is -0.327. The van der Waals surface area contributed by atoms with Gasteiger partial charge in [0.1, 0.15) is 28.7 Å². The first-order chi connectivity index (χ1) is 15.4. The molecule has 3 aromatic rings. The van der Waals surface area contributed by atoms with Crippen molar-refractivity contribution in [1.82, 2.24) is 14.5 Å². The minimum absolute atomic E-state index is 0.125. The molecule has 0 atom stereocenters. The molecule has 0 bridgehead atoms. The monoisotopic (exact) mass is 456 g/mol. The first kappa shape index (κ1) is 22.3. The van der Waals surface area contributed by atoms with Crippen LogP contribution in [0.4, 0.5) is 5.69 Å². The molecule has 8 nitrogen and oxygen atoms in total. The summed E-state index contributed by atoms with van der Waals surface area (Å²) in [6, 6.07) is 5.18. The average molecular weight is 457 g/mol. The number of benzene rings is 1. The maximum absolute atomic E-state index is 13.5. The molecule has 9 heteroatoms. The van der Waals surface area contributed by atoms with E-state index >= 15 is 0 Å². The Kier molecular flexibility index (Phi) is 6.48. The van der Waals surface area contributed by atoms with Gasteiger partial charge in [0, 0.05) is 10.9 Å². The number of carbonyl (C=O) groups is 1. The highest BCUT2D eigenvalue weighted by Crippen LogP contribution is 2.29. The smallest absolute Gasteiger partial charge is 0.263 e. The summed E-state index contributed by atoms with van der Waals surface area (Å²) in [6.07, 6.45) is 2.28. The van der Waals surface area contributed by atoms with Crippen LogP contribution in [-0.2, 0) is 17.9 Å². The summed E-state index contributed by atoms with van der Waals surface area (Å²) in [5.74, 6) is 1.41. The van der Waals surface area contributed by atoms with Crippen LogP contribution in [-0.4, -0.2) is 47.7 Å². The number of aryl methyl sites for hydroxylation is 2. The zero-order chi connectivity index (χ0) is 22.8. The van der Waals surface area contributed by atoms with E-state index in [-0.39, 0.29) is 18.0 Å². The van der Waals surface area contributed by atoms with Crippen molar-refractivity contribution in [3.8, 4) is 11.5 Å². The van der Waals surface area contributed by atoms with Crippen LogP contribution < -0.4 is 20.3 Å². The van der Waals surface area contributed by atoms with Crippen molar-refractivity contribution in [2.24, 2.45) is 0 Å². The molecule has 0 aliphatic carbocycles. The SMILES string of the molecule is COc1ccc(OC)c(NC(=O)Cn2c(CN3CCCC3)nc3sc(C)c(C)c3c2=O)c1. The van der Waals surface area contributed by atoms with Crippen LogP contribution >= 0.6 is 11.3 Å². The van der Waals surface area contributed by atoms with Crippen molar-refractivity contribution < 1.29 is 14.3 Å². The Bertz CT molecular complexity index is 1210. The summed E-state index contributed by atoms with van der Waals surface area (Å²) >= 11 is 1.53. The van der Waals surface area contributed by atoms with Crippen LogP contribution in [0.15, 0.2) is 23.0 Å². The third-order valence-electron chi connectivity index (χ3n) is 5.91. The molecule has 170 valence electrons. The van der Waals surface area contributed by atoms with E-state index in [0.29, 0.717) is 34.9 Å². The van der Waals surface area contributed by atoms with Gasteiger partial charge in [-0.25, -0.2) is 4.98 Å². The van der Waals surface area contributed by atoms with Gasteiger partial charge >= 0.3 is 0 Å². The highest BCUT2D eigenvalue weighted by Gasteiger charge is 2.21. The molecule has 1 N–H and O–H groups in total. The van der Waals surface area contributed by atoms with Gasteiger partial charge in [-0.2, -0.15) is 0 Å². The Hall–Kier alpha value is -2.91. The maximum atomic E-state index is 13.5. The summed E-state index contributed by atoms with van der Waals surface area (Å²) in [6.45, 7) is 6.31. The number of likely N-dealkylation sites (tertiary alicyclic amines) is 1. The van der Waals surface area contributed by atoms with Crippen molar-refractivity contribution in [2.75, 3.05) is 32.6 Å². The number of hydrogen-bond donors (Lipinski definition) is 1. The summed E-state index contributed by atoms with van der Waals surface area (Å²) in [5.41, 5.74) is 1.25. The molecule has 4 rings (SSSR count). The predicted octanol–water partition coefficient (Wildman–Crippen LogP) is 3.33. The van der Waals surface area contributed by atoms with Crippen LogP contribution in [0.2, 0.25) is 0 Å². The summed E-state index contributed by atoms with van der Waals surface area (Å²) < 4.78 is 12.1. The number of rotatable bonds is 7. The van der Waals surface area contributed by atoms with Gasteiger partial charge in [-0.3, -0.25) is 19.1 Å². The number of nitrogens with zero attached hydrogens (tertiary/aromatic N) is 3. The zero-order valence-corrected chi connectivity index (χ0v) is 19.7. The lowest BCUT2D eigenvalue weighted by atomic mass is 10.2. The minimum Gasteiger partial charge on any atom is -0.497 e. The van der Waals surface area contributed by atoms with Crippen LogP contribution in [0, 0.1) is 13.8 Å². The molecule has 0 unspecified atom stereocenters. The van der Waals surface area contributed by atoms with Crippen LogP contribution in [0.1, 0.15) is 29.1 Å². The van der Waals surface area contributed by atoms with E-state index in [1.807, 2.05) is 13.8 Å². The second-order valence-electron chi connectivity index (χ2n) is 7.98. The molecule has 1 fully saturated rings. The Morgan fingerprint density at radius 3 is 2.62 bits per heavy atom. The molecule has 2 aromatic heterocycles.